The van der Waals surface area contributed by atoms with Crippen LogP contribution in [0, 0.1) is 0 Å². The van der Waals surface area contributed by atoms with E-state index in [-0.39, 0.29) is 13.7 Å². The molecule has 0 spiro atoms. The van der Waals surface area contributed by atoms with Gasteiger partial charge in [-0.3, -0.25) is 4.55 Å². The summed E-state index contributed by atoms with van der Waals surface area (Å²) in [4.78, 5) is 0. The summed E-state index contributed by atoms with van der Waals surface area (Å²) in [5.74, 6) is -0.0775. The van der Waals surface area contributed by atoms with Crippen molar-refractivity contribution in [1.82, 2.24) is 0 Å². The first kappa shape index (κ1) is 12.3. The van der Waals surface area contributed by atoms with Crippen LogP contribution < -0.4 is 0 Å². The Morgan fingerprint density at radius 3 is 2.08 bits per heavy atom. The third-order valence-electron chi connectivity index (χ3n) is 1.77. The zero-order valence-electron chi connectivity index (χ0n) is 7.65. The molecule has 0 aromatic carbocycles. The molecule has 0 aromatic rings. The molecule has 0 radical (unpaired) electrons. The van der Waals surface area contributed by atoms with Gasteiger partial charge in [-0.15, -0.1) is 7.92 Å². The Morgan fingerprint density at radius 1 is 1.25 bits per heavy atom. The number of hydrogen-bond donors (Lipinski definition) is 1. The van der Waals surface area contributed by atoms with Crippen LogP contribution in [0.15, 0.2) is 0 Å². The summed E-state index contributed by atoms with van der Waals surface area (Å²) < 4.78 is 29.2. The summed E-state index contributed by atoms with van der Waals surface area (Å²) in [6.45, 7) is 4.26. The van der Waals surface area contributed by atoms with Crippen LogP contribution in [0.1, 0.15) is 20.3 Å². The van der Waals surface area contributed by atoms with Crippen molar-refractivity contribution >= 4 is 18.0 Å². The van der Waals surface area contributed by atoms with Crippen molar-refractivity contribution < 1.29 is 13.0 Å². The monoisotopic (exact) mass is 212 g/mol. The highest BCUT2D eigenvalue weighted by Crippen LogP contribution is 2.34. The van der Waals surface area contributed by atoms with Crippen molar-refractivity contribution in [2.75, 3.05) is 24.2 Å². The van der Waals surface area contributed by atoms with Crippen LogP contribution in [0.3, 0.4) is 0 Å². The molecule has 0 unspecified atom stereocenters. The summed E-state index contributed by atoms with van der Waals surface area (Å²) in [5.41, 5.74) is 0. The molecule has 0 saturated heterocycles. The first-order valence-corrected chi connectivity index (χ1v) is 7.67. The standard InChI is InChI=1S/C7H17O3PS/c1-3-11(4-2)6-5-7-12(8,9)10/h3-7H2,1-2H3,(H,8,9,10). The van der Waals surface area contributed by atoms with E-state index >= 15 is 0 Å². The van der Waals surface area contributed by atoms with E-state index in [0.717, 1.165) is 18.5 Å². The average Bonchev–Trinajstić information content (AvgIpc) is 1.96. The minimum absolute atomic E-state index is 0.0152. The second-order valence-corrected chi connectivity index (χ2v) is 7.29. The summed E-state index contributed by atoms with van der Waals surface area (Å²) in [6.07, 6.45) is 3.86. The van der Waals surface area contributed by atoms with Crippen molar-refractivity contribution in [3.05, 3.63) is 0 Å². The van der Waals surface area contributed by atoms with Crippen molar-refractivity contribution in [1.29, 1.82) is 0 Å². The Labute approximate surface area is 76.1 Å². The van der Waals surface area contributed by atoms with Gasteiger partial charge in [-0.05, 0) is 24.9 Å². The first-order chi connectivity index (χ1) is 5.49. The van der Waals surface area contributed by atoms with Gasteiger partial charge in [0.1, 0.15) is 0 Å². The van der Waals surface area contributed by atoms with Crippen LogP contribution in [-0.2, 0) is 10.1 Å². The van der Waals surface area contributed by atoms with Crippen LogP contribution in [0.25, 0.3) is 0 Å². The quantitative estimate of drug-likeness (QED) is 0.539. The molecule has 74 valence electrons. The molecular weight excluding hydrogens is 195 g/mol. The van der Waals surface area contributed by atoms with Gasteiger partial charge < -0.3 is 0 Å². The van der Waals surface area contributed by atoms with Gasteiger partial charge in [0, 0.05) is 0 Å². The van der Waals surface area contributed by atoms with Crippen molar-refractivity contribution in [3.8, 4) is 0 Å². The van der Waals surface area contributed by atoms with Crippen molar-refractivity contribution in [2.24, 2.45) is 0 Å². The van der Waals surface area contributed by atoms with Gasteiger partial charge in [-0.1, -0.05) is 13.8 Å². The maximum Gasteiger partial charge on any atom is 0.264 e. The molecule has 3 nitrogen and oxygen atoms in total. The summed E-state index contributed by atoms with van der Waals surface area (Å²) in [6, 6.07) is 0. The van der Waals surface area contributed by atoms with Crippen LogP contribution in [0.5, 0.6) is 0 Å². The van der Waals surface area contributed by atoms with Gasteiger partial charge in [-0.2, -0.15) is 8.42 Å². The van der Waals surface area contributed by atoms with E-state index in [0.29, 0.717) is 6.42 Å². The molecule has 0 saturated carbocycles. The molecule has 0 rings (SSSR count). The Kier molecular flexibility index (Phi) is 6.06. The third kappa shape index (κ3) is 7.01. The summed E-state index contributed by atoms with van der Waals surface area (Å²) >= 11 is 0. The zero-order chi connectivity index (χ0) is 9.61. The van der Waals surface area contributed by atoms with Gasteiger partial charge in [0.25, 0.3) is 10.1 Å². The van der Waals surface area contributed by atoms with Gasteiger partial charge in [0.15, 0.2) is 0 Å². The normalized spacial score (nSPS) is 12.3. The summed E-state index contributed by atoms with van der Waals surface area (Å²) in [7, 11) is -3.71. The second kappa shape index (κ2) is 5.90. The smallest absolute Gasteiger partial charge is 0.264 e. The minimum atomic E-state index is -3.73. The molecule has 12 heavy (non-hydrogen) atoms. The first-order valence-electron chi connectivity index (χ1n) is 4.17. The van der Waals surface area contributed by atoms with Crippen LogP contribution in [0.2, 0.25) is 0 Å². The number of hydrogen-bond acceptors (Lipinski definition) is 2. The predicted octanol–water partition coefficient (Wildman–Crippen LogP) is 1.79. The fraction of sp³-hybridized carbons (Fsp3) is 1.00. The van der Waals surface area contributed by atoms with Crippen LogP contribution >= 0.6 is 7.92 Å². The Morgan fingerprint density at radius 2 is 1.75 bits per heavy atom. The predicted molar refractivity (Wildman–Crippen MR) is 53.9 cm³/mol. The molecule has 0 atom stereocenters. The number of rotatable bonds is 6. The van der Waals surface area contributed by atoms with Gasteiger partial charge in [0.2, 0.25) is 0 Å². The van der Waals surface area contributed by atoms with Crippen molar-refractivity contribution in [3.63, 3.8) is 0 Å². The fourth-order valence-corrected chi connectivity index (χ4v) is 3.42. The van der Waals surface area contributed by atoms with Gasteiger partial charge in [0.05, 0.1) is 5.75 Å². The Balaban J connectivity index is 3.55. The molecule has 0 aliphatic heterocycles. The zero-order valence-corrected chi connectivity index (χ0v) is 9.37. The Hall–Kier alpha value is 0.340. The molecule has 0 fully saturated rings. The molecule has 0 aliphatic rings. The molecular formula is C7H17O3PS. The average molecular weight is 212 g/mol. The molecule has 0 aromatic heterocycles. The molecule has 0 amide bonds. The van der Waals surface area contributed by atoms with E-state index in [9.17, 15) is 8.42 Å². The maximum atomic E-state index is 10.4. The lowest BCUT2D eigenvalue weighted by Crippen LogP contribution is -2.05. The lowest BCUT2D eigenvalue weighted by molar-refractivity contribution is 0.482. The third-order valence-corrected chi connectivity index (χ3v) is 5.31. The van der Waals surface area contributed by atoms with E-state index in [2.05, 4.69) is 13.8 Å². The van der Waals surface area contributed by atoms with E-state index in [1.165, 1.54) is 0 Å². The minimum Gasteiger partial charge on any atom is -0.286 e. The van der Waals surface area contributed by atoms with E-state index in [1.54, 1.807) is 0 Å². The molecule has 0 heterocycles. The SMILES string of the molecule is CCP(CC)CCCS(=O)(=O)O. The lowest BCUT2D eigenvalue weighted by Gasteiger charge is -2.11. The van der Waals surface area contributed by atoms with Crippen LogP contribution in [-0.4, -0.2) is 37.2 Å². The maximum absolute atomic E-state index is 10.4. The highest BCUT2D eigenvalue weighted by Gasteiger charge is 2.07. The van der Waals surface area contributed by atoms with Gasteiger partial charge in [-0.25, -0.2) is 0 Å². The van der Waals surface area contributed by atoms with Crippen LogP contribution in [0.4, 0.5) is 0 Å². The molecule has 5 heteroatoms. The molecule has 0 aliphatic carbocycles. The largest absolute Gasteiger partial charge is 0.286 e. The van der Waals surface area contributed by atoms with Crippen molar-refractivity contribution in [2.45, 2.75) is 20.3 Å². The van der Waals surface area contributed by atoms with E-state index in [4.69, 9.17) is 4.55 Å². The highest BCUT2D eigenvalue weighted by molar-refractivity contribution is 7.85. The van der Waals surface area contributed by atoms with E-state index in [1.807, 2.05) is 0 Å². The van der Waals surface area contributed by atoms with E-state index < -0.39 is 10.1 Å². The molecule has 0 bridgehead atoms. The summed E-state index contributed by atoms with van der Waals surface area (Å²) in [5, 5.41) is 0. The highest BCUT2D eigenvalue weighted by atomic mass is 32.2. The second-order valence-electron chi connectivity index (χ2n) is 2.67. The topological polar surface area (TPSA) is 54.4 Å². The van der Waals surface area contributed by atoms with Gasteiger partial charge >= 0.3 is 0 Å². The fourth-order valence-electron chi connectivity index (χ4n) is 1.01. The Bertz CT molecular complexity index is 197. The molecule has 1 N–H and O–H groups in total. The lowest BCUT2D eigenvalue weighted by atomic mass is 10.6.